The minimum absolute atomic E-state index is 0.200. The van der Waals surface area contributed by atoms with Crippen LogP contribution in [0, 0.1) is 0 Å². The van der Waals surface area contributed by atoms with E-state index >= 15 is 0 Å². The summed E-state index contributed by atoms with van der Waals surface area (Å²) in [5, 5.41) is 19.3. The van der Waals surface area contributed by atoms with Crippen molar-refractivity contribution in [2.75, 3.05) is 26.4 Å². The first kappa shape index (κ1) is 67.0. The van der Waals surface area contributed by atoms with Crippen molar-refractivity contribution in [3.8, 4) is 0 Å². The van der Waals surface area contributed by atoms with Gasteiger partial charge in [0.1, 0.15) is 12.2 Å². The van der Waals surface area contributed by atoms with Gasteiger partial charge in [-0.15, -0.1) is 0 Å². The van der Waals surface area contributed by atoms with Gasteiger partial charge in [0.05, 0.1) is 26.4 Å². The van der Waals surface area contributed by atoms with Gasteiger partial charge in [0, 0.05) is 12.8 Å². The zero-order valence-electron chi connectivity index (χ0n) is 44.9. The smallest absolute Gasteiger partial charge is 0.457 e. The van der Waals surface area contributed by atoms with E-state index in [2.05, 4.69) is 13.8 Å². The Hall–Kier alpha value is -1.03. The van der Waals surface area contributed by atoms with Gasteiger partial charge >= 0.3 is 19.8 Å². The highest BCUT2D eigenvalue weighted by molar-refractivity contribution is 7.47. The molecule has 0 saturated carbocycles. The highest BCUT2D eigenvalue weighted by Gasteiger charge is 2.27. The van der Waals surface area contributed by atoms with Crippen molar-refractivity contribution < 1.29 is 47.8 Å². The van der Waals surface area contributed by atoms with Crippen LogP contribution in [0.4, 0.5) is 0 Å². The fourth-order valence-corrected chi connectivity index (χ4v) is 9.85. The molecule has 3 atom stereocenters. The molecule has 0 aromatic rings. The summed E-state index contributed by atoms with van der Waals surface area (Å²) in [6.07, 6.45) is 56.7. The first-order valence-electron chi connectivity index (χ1n) is 29.5. The molecule has 0 heterocycles. The molecule has 0 saturated heterocycles. The molecule has 0 fully saturated rings. The Morgan fingerprint density at radius 3 is 0.691 bits per heavy atom. The van der Waals surface area contributed by atoms with Gasteiger partial charge in [-0.1, -0.05) is 290 Å². The van der Waals surface area contributed by atoms with Crippen molar-refractivity contribution in [3.63, 3.8) is 0 Å². The number of hydrogen-bond acceptors (Lipinski definition) is 9. The van der Waals surface area contributed by atoms with E-state index in [9.17, 15) is 29.3 Å². The summed E-state index contributed by atoms with van der Waals surface area (Å²) in [5.41, 5.74) is 0. The number of aliphatic hydroxyl groups excluding tert-OH is 2. The third-order valence-corrected chi connectivity index (χ3v) is 14.5. The maximum Gasteiger partial charge on any atom is 0.472 e. The first-order valence-corrected chi connectivity index (χ1v) is 31.0. The van der Waals surface area contributed by atoms with Crippen LogP contribution in [0.15, 0.2) is 0 Å². The fraction of sp³-hybridized carbons (Fsp3) is 0.965. The summed E-state index contributed by atoms with van der Waals surface area (Å²) in [5.74, 6) is -0.995. The molecule has 10 nitrogen and oxygen atoms in total. The van der Waals surface area contributed by atoms with Crippen LogP contribution in [-0.4, -0.2) is 65.7 Å². The molecule has 3 unspecified atom stereocenters. The molecule has 11 heteroatoms. The molecule has 0 bridgehead atoms. The fourth-order valence-electron chi connectivity index (χ4n) is 9.06. The Bertz CT molecular complexity index is 1090. The van der Waals surface area contributed by atoms with Gasteiger partial charge in [0.15, 0.2) is 0 Å². The van der Waals surface area contributed by atoms with Crippen LogP contribution in [0.5, 0.6) is 0 Å². The Kier molecular flexibility index (Phi) is 52.9. The van der Waals surface area contributed by atoms with Crippen molar-refractivity contribution in [3.05, 3.63) is 0 Å². The van der Waals surface area contributed by atoms with Gasteiger partial charge in [-0.25, -0.2) is 4.57 Å². The highest BCUT2D eigenvalue weighted by atomic mass is 31.2. The maximum atomic E-state index is 12.5. The first-order chi connectivity index (χ1) is 33.3. The van der Waals surface area contributed by atoms with Crippen molar-refractivity contribution in [2.24, 2.45) is 0 Å². The van der Waals surface area contributed by atoms with E-state index in [-0.39, 0.29) is 12.8 Å². The summed E-state index contributed by atoms with van der Waals surface area (Å²) in [6, 6.07) is 0. The molecule has 0 spiro atoms. The average molecular weight is 989 g/mol. The number of carbonyl (C=O) groups excluding carboxylic acids is 2. The van der Waals surface area contributed by atoms with Crippen LogP contribution >= 0.6 is 7.82 Å². The molecule has 406 valence electrons. The number of ether oxygens (including phenoxy) is 2. The van der Waals surface area contributed by atoms with Crippen molar-refractivity contribution in [2.45, 2.75) is 328 Å². The Morgan fingerprint density at radius 2 is 0.515 bits per heavy atom. The lowest BCUT2D eigenvalue weighted by atomic mass is 10.0. The minimum Gasteiger partial charge on any atom is -0.457 e. The molecule has 0 aliphatic carbocycles. The number of aliphatic hydroxyl groups is 2. The number of rotatable bonds is 57. The summed E-state index contributed by atoms with van der Waals surface area (Å²) in [7, 11) is -4.64. The third kappa shape index (κ3) is 51.3. The molecule has 0 aliphatic rings. The van der Waals surface area contributed by atoms with Gasteiger partial charge in [-0.2, -0.15) is 0 Å². The monoisotopic (exact) mass is 989 g/mol. The van der Waals surface area contributed by atoms with Crippen LogP contribution in [0.3, 0.4) is 0 Å². The molecule has 0 aliphatic heterocycles. The quantitative estimate of drug-likeness (QED) is 0.0305. The van der Waals surface area contributed by atoms with E-state index in [1.165, 1.54) is 238 Å². The normalized spacial score (nSPS) is 13.4. The Labute approximate surface area is 420 Å². The van der Waals surface area contributed by atoms with Crippen LogP contribution in [0.25, 0.3) is 0 Å². The molecule has 0 aromatic heterocycles. The largest absolute Gasteiger partial charge is 0.472 e. The molecule has 0 aromatic carbocycles. The SMILES string of the molecule is CCCCCCCCCCCCCCCCCCCCCCCCCC(=O)OC(CO)COP(=O)(O)OCC(CO)OC(=O)CCCCCCCCCCCCCCCCCCCCCCCC. The van der Waals surface area contributed by atoms with Crippen molar-refractivity contribution >= 4 is 19.8 Å². The van der Waals surface area contributed by atoms with E-state index in [0.717, 1.165) is 38.5 Å². The minimum atomic E-state index is -4.64. The van der Waals surface area contributed by atoms with Gasteiger partial charge in [0.25, 0.3) is 0 Å². The summed E-state index contributed by atoms with van der Waals surface area (Å²) in [4.78, 5) is 34.8. The Balaban J connectivity index is 3.72. The molecular weight excluding hydrogens is 876 g/mol. The zero-order valence-corrected chi connectivity index (χ0v) is 45.8. The second-order valence-corrected chi connectivity index (χ2v) is 21.8. The number of phosphoric ester groups is 1. The number of carbonyl (C=O) groups is 2. The van der Waals surface area contributed by atoms with E-state index in [1.54, 1.807) is 0 Å². The molecule has 3 N–H and O–H groups in total. The molecule has 0 radical (unpaired) electrons. The second-order valence-electron chi connectivity index (χ2n) is 20.4. The lowest BCUT2D eigenvalue weighted by Gasteiger charge is -2.20. The highest BCUT2D eigenvalue weighted by Crippen LogP contribution is 2.43. The summed E-state index contributed by atoms with van der Waals surface area (Å²) < 4.78 is 32.9. The van der Waals surface area contributed by atoms with E-state index < -0.39 is 58.4 Å². The topological polar surface area (TPSA) is 149 Å². The predicted molar refractivity (Wildman–Crippen MR) is 284 cm³/mol. The van der Waals surface area contributed by atoms with Crippen LogP contribution in [0.1, 0.15) is 316 Å². The summed E-state index contributed by atoms with van der Waals surface area (Å²) >= 11 is 0. The molecule has 68 heavy (non-hydrogen) atoms. The zero-order chi connectivity index (χ0) is 49.7. The number of hydrogen-bond donors (Lipinski definition) is 3. The average Bonchev–Trinajstić information content (AvgIpc) is 3.33. The van der Waals surface area contributed by atoms with Crippen LogP contribution in [-0.2, 0) is 32.7 Å². The Morgan fingerprint density at radius 1 is 0.338 bits per heavy atom. The number of esters is 2. The van der Waals surface area contributed by atoms with Gasteiger partial charge in [-0.3, -0.25) is 18.6 Å². The lowest BCUT2D eigenvalue weighted by Crippen LogP contribution is -2.28. The number of phosphoric acid groups is 1. The molecular formula is C57H113O10P. The summed E-state index contributed by atoms with van der Waals surface area (Å²) in [6.45, 7) is 2.31. The third-order valence-electron chi connectivity index (χ3n) is 13.6. The van der Waals surface area contributed by atoms with E-state index in [0.29, 0.717) is 12.8 Å². The van der Waals surface area contributed by atoms with E-state index in [1.807, 2.05) is 0 Å². The van der Waals surface area contributed by atoms with E-state index in [4.69, 9.17) is 18.5 Å². The number of unbranched alkanes of at least 4 members (excludes halogenated alkanes) is 43. The predicted octanol–water partition coefficient (Wildman–Crippen LogP) is 17.3. The van der Waals surface area contributed by atoms with Crippen LogP contribution in [0.2, 0.25) is 0 Å². The van der Waals surface area contributed by atoms with Crippen LogP contribution < -0.4 is 0 Å². The van der Waals surface area contributed by atoms with Crippen molar-refractivity contribution in [1.29, 1.82) is 0 Å². The van der Waals surface area contributed by atoms with Gasteiger partial charge in [0.2, 0.25) is 0 Å². The maximum absolute atomic E-state index is 12.5. The van der Waals surface area contributed by atoms with Gasteiger partial charge in [-0.05, 0) is 12.8 Å². The second kappa shape index (κ2) is 53.8. The van der Waals surface area contributed by atoms with Gasteiger partial charge < -0.3 is 24.6 Å². The molecule has 0 rings (SSSR count). The molecule has 0 amide bonds. The standard InChI is InChI=1S/C57H113O10P/c1-3-5-7-9-11-13-15-17-19-21-23-25-27-29-31-33-35-37-39-41-43-45-47-49-57(61)67-55(51-59)53-65-68(62,63)64-52-54(50-58)66-56(60)48-46-44-42-40-38-36-34-32-30-28-26-24-22-20-18-16-14-12-10-8-6-4-2/h54-55,58-59H,3-53H2,1-2H3,(H,62,63). The van der Waals surface area contributed by atoms with Crippen molar-refractivity contribution in [1.82, 2.24) is 0 Å². The lowest BCUT2D eigenvalue weighted by molar-refractivity contribution is -0.153.